The van der Waals surface area contributed by atoms with E-state index >= 15 is 0 Å². The summed E-state index contributed by atoms with van der Waals surface area (Å²) in [6.45, 7) is 3.75. The molecule has 7 nitrogen and oxygen atoms in total. The zero-order valence-electron chi connectivity index (χ0n) is 22.6. The molecular weight excluding hydrogens is 527 g/mol. The van der Waals surface area contributed by atoms with Gasteiger partial charge in [0.25, 0.3) is 0 Å². The molecule has 2 atom stereocenters. The van der Waals surface area contributed by atoms with Crippen molar-refractivity contribution >= 4 is 29.4 Å². The number of ether oxygens (including phenoxy) is 1. The van der Waals surface area contributed by atoms with Gasteiger partial charge in [0.1, 0.15) is 23.9 Å². The highest BCUT2D eigenvalue weighted by Crippen LogP contribution is 2.50. The minimum Gasteiger partial charge on any atom is -0.496 e. The summed E-state index contributed by atoms with van der Waals surface area (Å²) in [4.78, 5) is 28.4. The molecule has 0 spiro atoms. The van der Waals surface area contributed by atoms with Crippen LogP contribution in [0.25, 0.3) is 16.9 Å². The fraction of sp³-hybridized carbons (Fsp3) is 0.258. The molecule has 2 amide bonds. The molecule has 3 aromatic carbocycles. The molecule has 40 heavy (non-hydrogen) atoms. The largest absolute Gasteiger partial charge is 0.496 e. The Bertz CT molecular complexity index is 1510. The number of hydrogen-bond acceptors (Lipinski definition) is 5. The number of rotatable bonds is 8. The average Bonchev–Trinajstić information content (AvgIpc) is 3.30. The van der Waals surface area contributed by atoms with E-state index in [1.807, 2.05) is 68.4 Å². The Labute approximate surface area is 237 Å². The number of fused-ring (bicyclic) bond motifs is 1. The number of anilines is 1. The molecule has 206 valence electrons. The van der Waals surface area contributed by atoms with Gasteiger partial charge in [-0.2, -0.15) is 5.10 Å². The summed E-state index contributed by atoms with van der Waals surface area (Å²) in [5, 5.41) is 7.66. The van der Waals surface area contributed by atoms with Gasteiger partial charge in [-0.1, -0.05) is 55.5 Å². The van der Waals surface area contributed by atoms with Crippen LogP contribution in [0.1, 0.15) is 36.6 Å². The van der Waals surface area contributed by atoms with E-state index in [1.54, 1.807) is 23.9 Å². The van der Waals surface area contributed by atoms with Gasteiger partial charge in [0, 0.05) is 22.7 Å². The van der Waals surface area contributed by atoms with Gasteiger partial charge in [-0.25, -0.2) is 9.07 Å². The highest BCUT2D eigenvalue weighted by Gasteiger charge is 2.38. The summed E-state index contributed by atoms with van der Waals surface area (Å²) in [6.07, 6.45) is 0.766. The number of hydrogen-bond donors (Lipinski definition) is 1. The summed E-state index contributed by atoms with van der Waals surface area (Å²) < 4.78 is 21.3. The summed E-state index contributed by atoms with van der Waals surface area (Å²) in [7, 11) is 1.62. The first-order valence-electron chi connectivity index (χ1n) is 13.2. The number of nitrogens with zero attached hydrogens (tertiary/aromatic N) is 3. The van der Waals surface area contributed by atoms with Gasteiger partial charge in [0.15, 0.2) is 0 Å². The summed E-state index contributed by atoms with van der Waals surface area (Å²) >= 11 is 1.47. The second kappa shape index (κ2) is 12.0. The lowest BCUT2D eigenvalue weighted by atomic mass is 9.99. The second-order valence-corrected chi connectivity index (χ2v) is 10.7. The zero-order chi connectivity index (χ0) is 28.2. The number of methoxy groups -OCH3 is 1. The highest BCUT2D eigenvalue weighted by molar-refractivity contribution is 8.00. The van der Waals surface area contributed by atoms with E-state index in [0.29, 0.717) is 22.9 Å². The molecule has 4 aromatic rings. The van der Waals surface area contributed by atoms with Gasteiger partial charge >= 0.3 is 0 Å². The first-order valence-corrected chi connectivity index (χ1v) is 14.2. The number of amides is 2. The molecule has 1 aliphatic rings. The fourth-order valence-corrected chi connectivity index (χ4v) is 6.01. The normalized spacial score (nSPS) is 15.8. The Morgan fingerprint density at radius 1 is 1.10 bits per heavy atom. The van der Waals surface area contributed by atoms with E-state index < -0.39 is 0 Å². The van der Waals surface area contributed by atoms with Crippen molar-refractivity contribution in [3.05, 3.63) is 95.8 Å². The highest BCUT2D eigenvalue weighted by atomic mass is 32.2. The van der Waals surface area contributed by atoms with Gasteiger partial charge < -0.3 is 10.1 Å². The number of thioether (sulfide) groups is 1. The van der Waals surface area contributed by atoms with Crippen LogP contribution in [0.5, 0.6) is 5.75 Å². The van der Waals surface area contributed by atoms with Crippen molar-refractivity contribution in [1.29, 1.82) is 0 Å². The lowest BCUT2D eigenvalue weighted by Gasteiger charge is -2.24. The smallest absolute Gasteiger partial charge is 0.240 e. The summed E-state index contributed by atoms with van der Waals surface area (Å²) in [5.41, 5.74) is 3.78. The fourth-order valence-electron chi connectivity index (χ4n) is 4.79. The van der Waals surface area contributed by atoms with E-state index in [4.69, 9.17) is 9.84 Å². The molecule has 2 unspecified atom stereocenters. The summed E-state index contributed by atoms with van der Waals surface area (Å²) in [5.74, 6) is 0.457. The van der Waals surface area contributed by atoms with Gasteiger partial charge in [0.05, 0.1) is 29.5 Å². The van der Waals surface area contributed by atoms with E-state index in [-0.39, 0.29) is 41.2 Å². The van der Waals surface area contributed by atoms with E-state index in [2.05, 4.69) is 5.32 Å². The van der Waals surface area contributed by atoms with Crippen LogP contribution in [0.3, 0.4) is 0 Å². The van der Waals surface area contributed by atoms with Crippen LogP contribution in [-0.2, 0) is 9.59 Å². The maximum atomic E-state index is 13.9. The lowest BCUT2D eigenvalue weighted by molar-refractivity contribution is -0.123. The summed E-state index contributed by atoms with van der Waals surface area (Å²) in [6, 6.07) is 23.4. The Hall–Kier alpha value is -4.11. The molecular formula is C31H31FN4O3S. The van der Waals surface area contributed by atoms with Crippen molar-refractivity contribution < 1.29 is 18.7 Å². The van der Waals surface area contributed by atoms with Crippen LogP contribution in [0.4, 0.5) is 10.2 Å². The predicted octanol–water partition coefficient (Wildman–Crippen LogP) is 5.77. The third-order valence-corrected chi connectivity index (χ3v) is 8.19. The van der Waals surface area contributed by atoms with Crippen LogP contribution in [0.2, 0.25) is 0 Å². The molecule has 0 saturated carbocycles. The molecule has 0 aliphatic carbocycles. The maximum Gasteiger partial charge on any atom is 0.240 e. The number of aromatic nitrogens is 2. The van der Waals surface area contributed by atoms with Crippen molar-refractivity contribution in [2.24, 2.45) is 0 Å². The number of carbonyl (C=O) groups is 2. The topological polar surface area (TPSA) is 76.5 Å². The van der Waals surface area contributed by atoms with Crippen molar-refractivity contribution in [2.75, 3.05) is 24.3 Å². The minimum absolute atomic E-state index is 0.0355. The predicted molar refractivity (Wildman–Crippen MR) is 157 cm³/mol. The van der Waals surface area contributed by atoms with Crippen LogP contribution in [0, 0.1) is 5.82 Å². The standard InChI is InChI=1S/C31H31FN4O3S/c1-4-20(2)33-26(37)18-35-27(38)19-40-30(24-12-8-9-13-25(24)39-3)28-29(21-10-6-5-7-11-21)34-36(31(28)35)23-16-14-22(32)15-17-23/h5-17,20,30H,4,18-19H2,1-3H3,(H,33,37). The van der Waals surface area contributed by atoms with Crippen molar-refractivity contribution in [3.63, 3.8) is 0 Å². The average molecular weight is 559 g/mol. The minimum atomic E-state index is -0.381. The van der Waals surface area contributed by atoms with Gasteiger partial charge in [-0.15, -0.1) is 11.8 Å². The first-order chi connectivity index (χ1) is 19.4. The van der Waals surface area contributed by atoms with Crippen LogP contribution >= 0.6 is 11.8 Å². The number of halogens is 1. The van der Waals surface area contributed by atoms with E-state index in [9.17, 15) is 14.0 Å². The van der Waals surface area contributed by atoms with Gasteiger partial charge in [0.2, 0.25) is 11.8 Å². The molecule has 1 aromatic heterocycles. The van der Waals surface area contributed by atoms with E-state index in [0.717, 1.165) is 23.1 Å². The molecule has 2 heterocycles. The van der Waals surface area contributed by atoms with Crippen molar-refractivity contribution in [2.45, 2.75) is 31.6 Å². The van der Waals surface area contributed by atoms with E-state index in [1.165, 1.54) is 28.8 Å². The first kappa shape index (κ1) is 27.5. The number of nitrogens with one attached hydrogen (secondary N) is 1. The third kappa shape index (κ3) is 5.47. The zero-order valence-corrected chi connectivity index (χ0v) is 23.5. The monoisotopic (exact) mass is 558 g/mol. The molecule has 9 heteroatoms. The Kier molecular flexibility index (Phi) is 8.21. The van der Waals surface area contributed by atoms with Crippen LogP contribution in [-0.4, -0.2) is 47.0 Å². The quantitative estimate of drug-likeness (QED) is 0.297. The second-order valence-electron chi connectivity index (χ2n) is 9.63. The Morgan fingerprint density at radius 2 is 1.80 bits per heavy atom. The molecule has 0 radical (unpaired) electrons. The molecule has 0 saturated heterocycles. The number of benzene rings is 3. The number of para-hydroxylation sites is 1. The van der Waals surface area contributed by atoms with Crippen LogP contribution < -0.4 is 15.0 Å². The molecule has 0 fully saturated rings. The molecule has 0 bridgehead atoms. The van der Waals surface area contributed by atoms with Gasteiger partial charge in [-0.3, -0.25) is 14.5 Å². The van der Waals surface area contributed by atoms with Crippen molar-refractivity contribution in [3.8, 4) is 22.7 Å². The lowest BCUT2D eigenvalue weighted by Crippen LogP contribution is -2.44. The SMILES string of the molecule is CCC(C)NC(=O)CN1C(=O)CSC(c2ccccc2OC)c2c(-c3ccccc3)nn(-c3ccc(F)cc3)c21. The Balaban J connectivity index is 1.79. The molecule has 1 aliphatic heterocycles. The third-order valence-electron chi connectivity index (χ3n) is 6.95. The van der Waals surface area contributed by atoms with Crippen LogP contribution in [0.15, 0.2) is 78.9 Å². The Morgan fingerprint density at radius 3 is 2.50 bits per heavy atom. The van der Waals surface area contributed by atoms with Crippen molar-refractivity contribution in [1.82, 2.24) is 15.1 Å². The maximum absolute atomic E-state index is 13.9. The molecule has 1 N–H and O–H groups in total. The number of carbonyl (C=O) groups excluding carboxylic acids is 2. The molecule has 5 rings (SSSR count). The van der Waals surface area contributed by atoms with Gasteiger partial charge in [-0.05, 0) is 43.7 Å².